The maximum absolute atomic E-state index is 12.4. The second-order valence-electron chi connectivity index (χ2n) is 7.72. The number of benzene rings is 2. The molecule has 0 aliphatic heterocycles. The van der Waals surface area contributed by atoms with Gasteiger partial charge in [0.1, 0.15) is 11.4 Å². The van der Waals surface area contributed by atoms with Crippen molar-refractivity contribution in [3.63, 3.8) is 0 Å². The van der Waals surface area contributed by atoms with Crippen molar-refractivity contribution in [3.8, 4) is 5.75 Å². The van der Waals surface area contributed by atoms with Crippen LogP contribution in [0.5, 0.6) is 5.75 Å². The average Bonchev–Trinajstić information content (AvgIpc) is 2.67. The van der Waals surface area contributed by atoms with Crippen molar-refractivity contribution < 1.29 is 23.9 Å². The largest absolute Gasteiger partial charge is 0.494 e. The van der Waals surface area contributed by atoms with Gasteiger partial charge in [0.05, 0.1) is 6.61 Å². The first kappa shape index (κ1) is 23.7. The van der Waals surface area contributed by atoms with Gasteiger partial charge in [-0.15, -0.1) is 0 Å². The van der Waals surface area contributed by atoms with E-state index in [4.69, 9.17) is 9.47 Å². The number of carbonyl (C=O) groups is 3. The van der Waals surface area contributed by atoms with Crippen LogP contribution in [0.2, 0.25) is 0 Å². The van der Waals surface area contributed by atoms with Gasteiger partial charge in [-0.25, -0.2) is 4.79 Å². The van der Waals surface area contributed by atoms with Crippen molar-refractivity contribution in [3.05, 3.63) is 54.1 Å². The summed E-state index contributed by atoms with van der Waals surface area (Å²) >= 11 is 0. The van der Waals surface area contributed by atoms with Crippen LogP contribution in [0, 0.1) is 0 Å². The lowest BCUT2D eigenvalue weighted by Gasteiger charge is -2.19. The van der Waals surface area contributed by atoms with Crippen molar-refractivity contribution in [1.82, 2.24) is 5.32 Å². The van der Waals surface area contributed by atoms with Gasteiger partial charge in [-0.3, -0.25) is 9.59 Å². The quantitative estimate of drug-likeness (QED) is 0.586. The predicted octanol–water partition coefficient (Wildman–Crippen LogP) is 4.19. The van der Waals surface area contributed by atoms with E-state index in [2.05, 4.69) is 16.0 Å². The van der Waals surface area contributed by atoms with Gasteiger partial charge in [-0.2, -0.15) is 0 Å². The number of amides is 3. The Morgan fingerprint density at radius 1 is 0.935 bits per heavy atom. The molecule has 3 amide bonds. The van der Waals surface area contributed by atoms with Crippen molar-refractivity contribution in [1.29, 1.82) is 0 Å². The lowest BCUT2D eigenvalue weighted by Crippen LogP contribution is -2.34. The third-order valence-electron chi connectivity index (χ3n) is 3.85. The second kappa shape index (κ2) is 11.0. The fourth-order valence-corrected chi connectivity index (χ4v) is 2.56. The Morgan fingerprint density at radius 3 is 2.19 bits per heavy atom. The summed E-state index contributed by atoms with van der Waals surface area (Å²) in [6.45, 7) is 7.89. The molecular weight excluding hydrogens is 398 g/mol. The lowest BCUT2D eigenvalue weighted by atomic mass is 10.2. The topological polar surface area (TPSA) is 106 Å². The fraction of sp³-hybridized carbons (Fsp3) is 0.348. The van der Waals surface area contributed by atoms with Gasteiger partial charge in [0.2, 0.25) is 5.91 Å². The number of carbonyl (C=O) groups excluding carboxylic acids is 3. The molecule has 8 nitrogen and oxygen atoms in total. The summed E-state index contributed by atoms with van der Waals surface area (Å²) < 4.78 is 10.5. The smallest absolute Gasteiger partial charge is 0.407 e. The first-order chi connectivity index (χ1) is 14.7. The van der Waals surface area contributed by atoms with E-state index in [9.17, 15) is 14.4 Å². The zero-order valence-electron chi connectivity index (χ0n) is 18.3. The molecule has 0 aromatic heterocycles. The molecule has 0 bridgehead atoms. The van der Waals surface area contributed by atoms with Crippen LogP contribution in [0.1, 0.15) is 44.5 Å². The van der Waals surface area contributed by atoms with E-state index in [-0.39, 0.29) is 24.8 Å². The van der Waals surface area contributed by atoms with Crippen LogP contribution in [-0.4, -0.2) is 36.7 Å². The van der Waals surface area contributed by atoms with E-state index >= 15 is 0 Å². The molecule has 31 heavy (non-hydrogen) atoms. The minimum absolute atomic E-state index is 0.0853. The third-order valence-corrected chi connectivity index (χ3v) is 3.85. The van der Waals surface area contributed by atoms with E-state index in [1.165, 1.54) is 0 Å². The van der Waals surface area contributed by atoms with Gasteiger partial charge < -0.3 is 25.4 Å². The molecule has 0 heterocycles. The molecular formula is C23H29N3O5. The maximum Gasteiger partial charge on any atom is 0.407 e. The number of ether oxygens (including phenoxy) is 2. The molecule has 0 radical (unpaired) electrons. The lowest BCUT2D eigenvalue weighted by molar-refractivity contribution is -0.116. The minimum atomic E-state index is -0.595. The summed E-state index contributed by atoms with van der Waals surface area (Å²) in [5.74, 6) is 0.157. The summed E-state index contributed by atoms with van der Waals surface area (Å²) in [6, 6.07) is 13.7. The fourth-order valence-electron chi connectivity index (χ4n) is 2.56. The zero-order chi connectivity index (χ0) is 22.9. The SMILES string of the molecule is CCOc1ccc(C(=O)Nc2cccc(NC(=O)CCNC(=O)OC(C)(C)C)c2)cc1. The van der Waals surface area contributed by atoms with Crippen molar-refractivity contribution in [2.75, 3.05) is 23.8 Å². The van der Waals surface area contributed by atoms with Crippen LogP contribution in [0.25, 0.3) is 0 Å². The minimum Gasteiger partial charge on any atom is -0.494 e. The van der Waals surface area contributed by atoms with Gasteiger partial charge in [-0.05, 0) is 70.2 Å². The Balaban J connectivity index is 1.85. The monoisotopic (exact) mass is 427 g/mol. The van der Waals surface area contributed by atoms with Crippen molar-refractivity contribution in [2.45, 2.75) is 39.7 Å². The maximum atomic E-state index is 12.4. The molecule has 2 aromatic carbocycles. The zero-order valence-corrected chi connectivity index (χ0v) is 18.3. The first-order valence-corrected chi connectivity index (χ1v) is 10.1. The number of rotatable bonds is 8. The highest BCUT2D eigenvalue weighted by Gasteiger charge is 2.16. The van der Waals surface area contributed by atoms with Crippen LogP contribution < -0.4 is 20.7 Å². The first-order valence-electron chi connectivity index (χ1n) is 10.1. The third kappa shape index (κ3) is 8.77. The Bertz CT molecular complexity index is 904. The van der Waals surface area contributed by atoms with Crippen LogP contribution >= 0.6 is 0 Å². The van der Waals surface area contributed by atoms with Gasteiger partial charge in [-0.1, -0.05) is 6.07 Å². The van der Waals surface area contributed by atoms with Crippen LogP contribution in [-0.2, 0) is 9.53 Å². The van der Waals surface area contributed by atoms with Crippen molar-refractivity contribution >= 4 is 29.3 Å². The average molecular weight is 428 g/mol. The molecule has 8 heteroatoms. The van der Waals surface area contributed by atoms with Gasteiger partial charge in [0.15, 0.2) is 0 Å². The molecule has 0 saturated heterocycles. The molecule has 2 aromatic rings. The van der Waals surface area contributed by atoms with Crippen LogP contribution in [0.4, 0.5) is 16.2 Å². The Hall–Kier alpha value is -3.55. The number of anilines is 2. The second-order valence-corrected chi connectivity index (χ2v) is 7.72. The van der Waals surface area contributed by atoms with Gasteiger partial charge in [0, 0.05) is 29.9 Å². The molecule has 2 rings (SSSR count). The molecule has 166 valence electrons. The Kier molecular flexibility index (Phi) is 8.43. The van der Waals surface area contributed by atoms with E-state index in [1.54, 1.807) is 69.3 Å². The number of nitrogens with one attached hydrogen (secondary N) is 3. The Labute approximate surface area is 182 Å². The van der Waals surface area contributed by atoms with E-state index < -0.39 is 11.7 Å². The van der Waals surface area contributed by atoms with Crippen molar-refractivity contribution in [2.24, 2.45) is 0 Å². The number of hydrogen-bond acceptors (Lipinski definition) is 5. The highest BCUT2D eigenvalue weighted by Crippen LogP contribution is 2.18. The number of alkyl carbamates (subject to hydrolysis) is 1. The highest BCUT2D eigenvalue weighted by molar-refractivity contribution is 6.04. The molecule has 0 spiro atoms. The van der Waals surface area contributed by atoms with Crippen LogP contribution in [0.3, 0.4) is 0 Å². The van der Waals surface area contributed by atoms with E-state index in [1.807, 2.05) is 6.92 Å². The molecule has 0 aliphatic rings. The summed E-state index contributed by atoms with van der Waals surface area (Å²) in [5.41, 5.74) is 0.976. The summed E-state index contributed by atoms with van der Waals surface area (Å²) in [6.07, 6.45) is -0.485. The summed E-state index contributed by atoms with van der Waals surface area (Å²) in [7, 11) is 0. The normalized spacial score (nSPS) is 10.7. The summed E-state index contributed by atoms with van der Waals surface area (Å²) in [4.78, 5) is 36.1. The predicted molar refractivity (Wildman–Crippen MR) is 119 cm³/mol. The van der Waals surface area contributed by atoms with Gasteiger partial charge >= 0.3 is 6.09 Å². The molecule has 0 atom stereocenters. The highest BCUT2D eigenvalue weighted by atomic mass is 16.6. The van der Waals surface area contributed by atoms with E-state index in [0.717, 1.165) is 0 Å². The molecule has 0 aliphatic carbocycles. The van der Waals surface area contributed by atoms with E-state index in [0.29, 0.717) is 29.3 Å². The standard InChI is InChI=1S/C23H29N3O5/c1-5-30-19-11-9-16(10-12-19)21(28)26-18-8-6-7-17(15-18)25-20(27)13-14-24-22(29)31-23(2,3)4/h6-12,15H,5,13-14H2,1-4H3,(H,24,29)(H,25,27)(H,26,28). The Morgan fingerprint density at radius 2 is 1.58 bits per heavy atom. The number of hydrogen-bond donors (Lipinski definition) is 3. The molecule has 0 unspecified atom stereocenters. The summed E-state index contributed by atoms with van der Waals surface area (Å²) in [5, 5.41) is 8.07. The molecule has 3 N–H and O–H groups in total. The molecule has 0 fully saturated rings. The van der Waals surface area contributed by atoms with Crippen LogP contribution in [0.15, 0.2) is 48.5 Å². The van der Waals surface area contributed by atoms with Gasteiger partial charge in [0.25, 0.3) is 5.91 Å². The molecule has 0 saturated carbocycles.